The third kappa shape index (κ3) is 3.56. The standard InChI is InChI=1S/C17H22N2OS/c1-4-5-8-19-17(20)15(11-21)10-16(18-19)14-7-6-12(2)13(3)9-14/h6-7,9-10,21H,4-5,8,11H2,1-3H3. The summed E-state index contributed by atoms with van der Waals surface area (Å²) in [5.74, 6) is 0.436. The van der Waals surface area contributed by atoms with Crippen LogP contribution in [0.2, 0.25) is 0 Å². The van der Waals surface area contributed by atoms with E-state index >= 15 is 0 Å². The Hall–Kier alpha value is -1.55. The lowest BCUT2D eigenvalue weighted by Crippen LogP contribution is -2.26. The van der Waals surface area contributed by atoms with E-state index in [0.29, 0.717) is 17.9 Å². The summed E-state index contributed by atoms with van der Waals surface area (Å²) in [6, 6.07) is 8.13. The van der Waals surface area contributed by atoms with E-state index in [2.05, 4.69) is 56.7 Å². The second-order valence-corrected chi connectivity index (χ2v) is 5.71. The van der Waals surface area contributed by atoms with Crippen LogP contribution in [0.15, 0.2) is 29.1 Å². The Kier molecular flexibility index (Phi) is 5.23. The fraction of sp³-hybridized carbons (Fsp3) is 0.412. The van der Waals surface area contributed by atoms with Gasteiger partial charge in [-0.15, -0.1) is 0 Å². The summed E-state index contributed by atoms with van der Waals surface area (Å²) < 4.78 is 1.58. The summed E-state index contributed by atoms with van der Waals surface area (Å²) >= 11 is 4.27. The van der Waals surface area contributed by atoms with Crippen molar-refractivity contribution in [2.45, 2.75) is 45.9 Å². The van der Waals surface area contributed by atoms with Crippen molar-refractivity contribution < 1.29 is 0 Å². The van der Waals surface area contributed by atoms with Crippen LogP contribution in [0.3, 0.4) is 0 Å². The lowest BCUT2D eigenvalue weighted by atomic mass is 10.0. The summed E-state index contributed by atoms with van der Waals surface area (Å²) in [5.41, 5.74) is 5.06. The molecule has 112 valence electrons. The lowest BCUT2D eigenvalue weighted by molar-refractivity contribution is 0.542. The normalized spacial score (nSPS) is 10.9. The number of hydrogen-bond acceptors (Lipinski definition) is 3. The van der Waals surface area contributed by atoms with Gasteiger partial charge in [0, 0.05) is 23.4 Å². The Morgan fingerprint density at radius 2 is 1.95 bits per heavy atom. The highest BCUT2D eigenvalue weighted by Gasteiger charge is 2.09. The molecular weight excluding hydrogens is 280 g/mol. The molecule has 0 unspecified atom stereocenters. The van der Waals surface area contributed by atoms with Gasteiger partial charge >= 0.3 is 0 Å². The van der Waals surface area contributed by atoms with E-state index in [1.165, 1.54) is 11.1 Å². The number of rotatable bonds is 5. The molecular formula is C17H22N2OS. The molecule has 3 nitrogen and oxygen atoms in total. The molecule has 1 heterocycles. The van der Waals surface area contributed by atoms with Crippen molar-refractivity contribution in [2.75, 3.05) is 0 Å². The highest BCUT2D eigenvalue weighted by molar-refractivity contribution is 7.79. The Labute approximate surface area is 131 Å². The van der Waals surface area contributed by atoms with E-state index < -0.39 is 0 Å². The minimum absolute atomic E-state index is 0.0222. The monoisotopic (exact) mass is 302 g/mol. The van der Waals surface area contributed by atoms with E-state index in [4.69, 9.17) is 0 Å². The maximum atomic E-state index is 12.3. The van der Waals surface area contributed by atoms with Gasteiger partial charge in [-0.05, 0) is 43.5 Å². The van der Waals surface area contributed by atoms with Crippen LogP contribution < -0.4 is 5.56 Å². The van der Waals surface area contributed by atoms with E-state index in [0.717, 1.165) is 24.1 Å². The molecule has 1 aromatic carbocycles. The molecule has 0 saturated carbocycles. The first kappa shape index (κ1) is 15.8. The van der Waals surface area contributed by atoms with Crippen molar-refractivity contribution >= 4 is 12.6 Å². The average Bonchev–Trinajstić information content (AvgIpc) is 2.49. The van der Waals surface area contributed by atoms with Crippen LogP contribution >= 0.6 is 12.6 Å². The van der Waals surface area contributed by atoms with E-state index in [1.54, 1.807) is 4.68 Å². The molecule has 0 aliphatic carbocycles. The molecule has 4 heteroatoms. The van der Waals surface area contributed by atoms with Gasteiger partial charge in [-0.25, -0.2) is 4.68 Å². The second-order valence-electron chi connectivity index (χ2n) is 5.39. The quantitative estimate of drug-likeness (QED) is 0.854. The zero-order chi connectivity index (χ0) is 15.4. The first-order valence-corrected chi connectivity index (χ1v) is 7.99. The summed E-state index contributed by atoms with van der Waals surface area (Å²) in [4.78, 5) is 12.3. The van der Waals surface area contributed by atoms with Crippen molar-refractivity contribution in [3.63, 3.8) is 0 Å². The molecule has 0 atom stereocenters. The molecule has 0 aliphatic heterocycles. The van der Waals surface area contributed by atoms with Crippen molar-refractivity contribution in [2.24, 2.45) is 0 Å². The smallest absolute Gasteiger partial charge is 0.267 e. The van der Waals surface area contributed by atoms with Crippen molar-refractivity contribution in [1.82, 2.24) is 9.78 Å². The van der Waals surface area contributed by atoms with Gasteiger partial charge < -0.3 is 0 Å². The molecule has 0 spiro atoms. The van der Waals surface area contributed by atoms with Crippen LogP contribution in [0.1, 0.15) is 36.5 Å². The highest BCUT2D eigenvalue weighted by atomic mass is 32.1. The van der Waals surface area contributed by atoms with Gasteiger partial charge in [0.05, 0.1) is 5.69 Å². The second kappa shape index (κ2) is 6.94. The van der Waals surface area contributed by atoms with Crippen LogP contribution in [0.25, 0.3) is 11.3 Å². The molecule has 0 aliphatic rings. The summed E-state index contributed by atoms with van der Waals surface area (Å²) in [7, 11) is 0. The topological polar surface area (TPSA) is 34.9 Å². The molecule has 2 aromatic rings. The molecule has 21 heavy (non-hydrogen) atoms. The molecule has 0 saturated heterocycles. The third-order valence-corrected chi connectivity index (χ3v) is 4.09. The van der Waals surface area contributed by atoms with E-state index in [1.807, 2.05) is 6.07 Å². The van der Waals surface area contributed by atoms with Gasteiger partial charge in [0.1, 0.15) is 0 Å². The molecule has 0 amide bonds. The minimum Gasteiger partial charge on any atom is -0.267 e. The Bertz CT molecular complexity index is 692. The zero-order valence-electron chi connectivity index (χ0n) is 12.9. The fourth-order valence-corrected chi connectivity index (χ4v) is 2.44. The number of aromatic nitrogens is 2. The molecule has 1 aromatic heterocycles. The third-order valence-electron chi connectivity index (χ3n) is 3.75. The SMILES string of the molecule is CCCCn1nc(-c2ccc(C)c(C)c2)cc(CS)c1=O. The highest BCUT2D eigenvalue weighted by Crippen LogP contribution is 2.20. The number of unbranched alkanes of at least 4 members (excludes halogenated alkanes) is 1. The van der Waals surface area contributed by atoms with Crippen molar-refractivity contribution in [3.8, 4) is 11.3 Å². The van der Waals surface area contributed by atoms with Crippen molar-refractivity contribution in [1.29, 1.82) is 0 Å². The van der Waals surface area contributed by atoms with Gasteiger partial charge in [0.2, 0.25) is 0 Å². The van der Waals surface area contributed by atoms with Gasteiger partial charge in [0.15, 0.2) is 0 Å². The first-order chi connectivity index (χ1) is 10.1. The summed E-state index contributed by atoms with van der Waals surface area (Å²) in [6.07, 6.45) is 1.99. The first-order valence-electron chi connectivity index (χ1n) is 7.36. The number of aryl methyl sites for hydroxylation is 3. The largest absolute Gasteiger partial charge is 0.270 e. The average molecular weight is 302 g/mol. The Morgan fingerprint density at radius 3 is 2.57 bits per heavy atom. The van der Waals surface area contributed by atoms with Crippen LogP contribution in [0, 0.1) is 13.8 Å². The fourth-order valence-electron chi connectivity index (χ4n) is 2.21. The Morgan fingerprint density at radius 1 is 1.19 bits per heavy atom. The number of benzene rings is 1. The molecule has 2 rings (SSSR count). The van der Waals surface area contributed by atoms with Crippen LogP contribution in [0.4, 0.5) is 0 Å². The lowest BCUT2D eigenvalue weighted by Gasteiger charge is -2.10. The predicted octanol–water partition coefficient (Wildman–Crippen LogP) is 3.76. The van der Waals surface area contributed by atoms with Crippen LogP contribution in [-0.2, 0) is 12.3 Å². The van der Waals surface area contributed by atoms with E-state index in [9.17, 15) is 4.79 Å². The van der Waals surface area contributed by atoms with Gasteiger partial charge in [-0.3, -0.25) is 4.79 Å². The molecule has 0 N–H and O–H groups in total. The molecule has 0 fully saturated rings. The van der Waals surface area contributed by atoms with Gasteiger partial charge in [-0.1, -0.05) is 25.5 Å². The molecule has 0 bridgehead atoms. The maximum Gasteiger partial charge on any atom is 0.270 e. The maximum absolute atomic E-state index is 12.3. The predicted molar refractivity (Wildman–Crippen MR) is 91.0 cm³/mol. The van der Waals surface area contributed by atoms with Crippen molar-refractivity contribution in [3.05, 3.63) is 51.3 Å². The van der Waals surface area contributed by atoms with Gasteiger partial charge in [-0.2, -0.15) is 17.7 Å². The summed E-state index contributed by atoms with van der Waals surface area (Å²) in [5, 5.41) is 4.53. The number of nitrogens with zero attached hydrogens (tertiary/aromatic N) is 2. The summed E-state index contributed by atoms with van der Waals surface area (Å²) in [6.45, 7) is 6.95. The zero-order valence-corrected chi connectivity index (χ0v) is 13.8. The minimum atomic E-state index is -0.0222. The number of thiol groups is 1. The van der Waals surface area contributed by atoms with Crippen LogP contribution in [0.5, 0.6) is 0 Å². The van der Waals surface area contributed by atoms with E-state index in [-0.39, 0.29) is 5.56 Å². The van der Waals surface area contributed by atoms with Crippen LogP contribution in [-0.4, -0.2) is 9.78 Å². The Balaban J connectivity index is 2.52. The molecule has 0 radical (unpaired) electrons. The van der Waals surface area contributed by atoms with Gasteiger partial charge in [0.25, 0.3) is 5.56 Å². The number of hydrogen-bond donors (Lipinski definition) is 1.